The van der Waals surface area contributed by atoms with E-state index in [1.54, 1.807) is 0 Å². The lowest BCUT2D eigenvalue weighted by molar-refractivity contribution is 0.305. The summed E-state index contributed by atoms with van der Waals surface area (Å²) < 4.78 is 0. The van der Waals surface area contributed by atoms with Crippen molar-refractivity contribution in [3.8, 4) is 0 Å². The van der Waals surface area contributed by atoms with Crippen LogP contribution in [0.5, 0.6) is 0 Å². The van der Waals surface area contributed by atoms with Gasteiger partial charge in [0.25, 0.3) is 0 Å². The van der Waals surface area contributed by atoms with E-state index < -0.39 is 0 Å². The molecule has 1 heteroatoms. The molecule has 1 fully saturated rings. The first-order chi connectivity index (χ1) is 7.07. The summed E-state index contributed by atoms with van der Waals surface area (Å²) in [5, 5.41) is 3.83. The molecule has 1 N–H and O–H groups in total. The van der Waals surface area contributed by atoms with E-state index in [4.69, 9.17) is 0 Å². The average molecular weight is 211 g/mol. The molecule has 1 aliphatic rings. The third-order valence-corrected chi connectivity index (χ3v) is 4.03. The second kappa shape index (κ2) is 5.89. The van der Waals surface area contributed by atoms with Gasteiger partial charge >= 0.3 is 0 Å². The van der Waals surface area contributed by atoms with Gasteiger partial charge in [-0.15, -0.1) is 0 Å². The quantitative estimate of drug-likeness (QED) is 0.690. The second-order valence-electron chi connectivity index (χ2n) is 5.97. The Morgan fingerprint density at radius 3 is 2.40 bits per heavy atom. The smallest absolute Gasteiger partial charge is 0.00698 e. The van der Waals surface area contributed by atoms with Crippen LogP contribution in [0.2, 0.25) is 0 Å². The van der Waals surface area contributed by atoms with E-state index in [1.807, 2.05) is 0 Å². The van der Waals surface area contributed by atoms with Crippen LogP contribution in [0.25, 0.3) is 0 Å². The molecule has 1 saturated carbocycles. The van der Waals surface area contributed by atoms with E-state index in [2.05, 4.69) is 33.0 Å². The molecule has 0 heterocycles. The lowest BCUT2D eigenvalue weighted by Gasteiger charge is -2.24. The van der Waals surface area contributed by atoms with Gasteiger partial charge in [-0.1, -0.05) is 34.1 Å². The largest absolute Gasteiger partial charge is 0.311 e. The zero-order chi connectivity index (χ0) is 11.3. The van der Waals surface area contributed by atoms with Crippen molar-refractivity contribution >= 4 is 0 Å². The van der Waals surface area contributed by atoms with E-state index in [1.165, 1.54) is 44.9 Å². The summed E-state index contributed by atoms with van der Waals surface area (Å²) in [5.74, 6) is 0. The summed E-state index contributed by atoms with van der Waals surface area (Å²) in [4.78, 5) is 0. The molecule has 0 aromatic rings. The van der Waals surface area contributed by atoms with Crippen molar-refractivity contribution in [1.29, 1.82) is 0 Å². The van der Waals surface area contributed by atoms with Crippen LogP contribution in [0.1, 0.15) is 72.6 Å². The summed E-state index contributed by atoms with van der Waals surface area (Å²) in [6, 6.07) is 1.54. The SMILES string of the molecule is CCC(CC)NC1CCCC(C)(C)CC1. The Bertz CT molecular complexity index is 170. The summed E-state index contributed by atoms with van der Waals surface area (Å²) in [6.07, 6.45) is 9.53. The molecule has 1 aliphatic carbocycles. The molecule has 0 spiro atoms. The summed E-state index contributed by atoms with van der Waals surface area (Å²) in [5.41, 5.74) is 0.588. The molecule has 0 saturated heterocycles. The van der Waals surface area contributed by atoms with Crippen molar-refractivity contribution in [3.63, 3.8) is 0 Å². The standard InChI is InChI=1S/C14H29N/c1-5-12(6-2)15-13-8-7-10-14(3,4)11-9-13/h12-13,15H,5-11H2,1-4H3. The van der Waals surface area contributed by atoms with Crippen LogP contribution in [0.15, 0.2) is 0 Å². The van der Waals surface area contributed by atoms with Gasteiger partial charge in [0.1, 0.15) is 0 Å². The molecule has 1 rings (SSSR count). The fraction of sp³-hybridized carbons (Fsp3) is 1.00. The molecule has 0 amide bonds. The minimum absolute atomic E-state index is 0.588. The van der Waals surface area contributed by atoms with Crippen molar-refractivity contribution in [2.75, 3.05) is 0 Å². The summed E-state index contributed by atoms with van der Waals surface area (Å²) >= 11 is 0. The molecule has 15 heavy (non-hydrogen) atoms. The number of hydrogen-bond donors (Lipinski definition) is 1. The minimum Gasteiger partial charge on any atom is -0.311 e. The normalized spacial score (nSPS) is 26.6. The third kappa shape index (κ3) is 4.55. The molecular formula is C14H29N. The van der Waals surface area contributed by atoms with Gasteiger partial charge < -0.3 is 5.32 Å². The van der Waals surface area contributed by atoms with E-state index in [9.17, 15) is 0 Å². The molecule has 90 valence electrons. The predicted octanol–water partition coefficient (Wildman–Crippen LogP) is 4.12. The van der Waals surface area contributed by atoms with Crippen molar-refractivity contribution in [2.45, 2.75) is 84.7 Å². The highest BCUT2D eigenvalue weighted by Gasteiger charge is 2.24. The highest BCUT2D eigenvalue weighted by molar-refractivity contribution is 4.81. The van der Waals surface area contributed by atoms with Crippen LogP contribution in [-0.4, -0.2) is 12.1 Å². The second-order valence-corrected chi connectivity index (χ2v) is 5.97. The number of nitrogens with one attached hydrogen (secondary N) is 1. The Kier molecular flexibility index (Phi) is 5.11. The van der Waals surface area contributed by atoms with Gasteiger partial charge in [-0.05, 0) is 43.9 Å². The van der Waals surface area contributed by atoms with Gasteiger partial charge in [-0.2, -0.15) is 0 Å². The lowest BCUT2D eigenvalue weighted by Crippen LogP contribution is -2.37. The van der Waals surface area contributed by atoms with Gasteiger partial charge in [0, 0.05) is 12.1 Å². The summed E-state index contributed by atoms with van der Waals surface area (Å²) in [7, 11) is 0. The van der Waals surface area contributed by atoms with Crippen LogP contribution in [0.3, 0.4) is 0 Å². The molecule has 1 atom stereocenters. The van der Waals surface area contributed by atoms with Crippen molar-refractivity contribution < 1.29 is 0 Å². The maximum atomic E-state index is 3.83. The maximum Gasteiger partial charge on any atom is 0.00698 e. The van der Waals surface area contributed by atoms with E-state index in [0.29, 0.717) is 5.41 Å². The Balaban J connectivity index is 2.37. The molecule has 1 unspecified atom stereocenters. The Labute approximate surface area is 96.0 Å². The highest BCUT2D eigenvalue weighted by atomic mass is 14.9. The highest BCUT2D eigenvalue weighted by Crippen LogP contribution is 2.33. The lowest BCUT2D eigenvalue weighted by atomic mass is 9.85. The molecular weight excluding hydrogens is 182 g/mol. The fourth-order valence-corrected chi connectivity index (χ4v) is 2.69. The molecule has 0 aromatic heterocycles. The Morgan fingerprint density at radius 1 is 1.13 bits per heavy atom. The Morgan fingerprint density at radius 2 is 1.80 bits per heavy atom. The first-order valence-electron chi connectivity index (χ1n) is 6.83. The predicted molar refractivity (Wildman–Crippen MR) is 68.2 cm³/mol. The van der Waals surface area contributed by atoms with Gasteiger partial charge in [0.15, 0.2) is 0 Å². The topological polar surface area (TPSA) is 12.0 Å². The van der Waals surface area contributed by atoms with Crippen molar-refractivity contribution in [1.82, 2.24) is 5.32 Å². The van der Waals surface area contributed by atoms with E-state index in [0.717, 1.165) is 12.1 Å². The van der Waals surface area contributed by atoms with Crippen LogP contribution in [-0.2, 0) is 0 Å². The average Bonchev–Trinajstić information content (AvgIpc) is 2.36. The zero-order valence-corrected chi connectivity index (χ0v) is 11.1. The Hall–Kier alpha value is -0.0400. The van der Waals surface area contributed by atoms with Crippen LogP contribution < -0.4 is 5.32 Å². The monoisotopic (exact) mass is 211 g/mol. The van der Waals surface area contributed by atoms with Crippen LogP contribution in [0.4, 0.5) is 0 Å². The molecule has 0 radical (unpaired) electrons. The van der Waals surface area contributed by atoms with Crippen molar-refractivity contribution in [3.05, 3.63) is 0 Å². The minimum atomic E-state index is 0.588. The molecule has 0 aromatic carbocycles. The first kappa shape index (κ1) is 13.0. The zero-order valence-electron chi connectivity index (χ0n) is 11.1. The van der Waals surface area contributed by atoms with Gasteiger partial charge in [0.2, 0.25) is 0 Å². The first-order valence-corrected chi connectivity index (χ1v) is 6.83. The number of rotatable bonds is 4. The van der Waals surface area contributed by atoms with E-state index in [-0.39, 0.29) is 0 Å². The molecule has 1 nitrogen and oxygen atoms in total. The number of hydrogen-bond acceptors (Lipinski definition) is 1. The van der Waals surface area contributed by atoms with Crippen LogP contribution in [0, 0.1) is 5.41 Å². The van der Waals surface area contributed by atoms with Gasteiger partial charge in [-0.25, -0.2) is 0 Å². The van der Waals surface area contributed by atoms with E-state index >= 15 is 0 Å². The third-order valence-electron chi connectivity index (χ3n) is 4.03. The summed E-state index contributed by atoms with van der Waals surface area (Å²) in [6.45, 7) is 9.43. The van der Waals surface area contributed by atoms with Gasteiger partial charge in [0.05, 0.1) is 0 Å². The van der Waals surface area contributed by atoms with Gasteiger partial charge in [-0.3, -0.25) is 0 Å². The maximum absolute atomic E-state index is 3.83. The van der Waals surface area contributed by atoms with Crippen LogP contribution >= 0.6 is 0 Å². The molecule has 0 bridgehead atoms. The fourth-order valence-electron chi connectivity index (χ4n) is 2.69. The molecule has 0 aliphatic heterocycles. The van der Waals surface area contributed by atoms with Crippen molar-refractivity contribution in [2.24, 2.45) is 5.41 Å².